The molecule has 0 bridgehead atoms. The number of benzene rings is 2. The van der Waals surface area contributed by atoms with E-state index in [-0.39, 0.29) is 5.91 Å². The number of hydrogen-bond acceptors (Lipinski definition) is 4. The van der Waals surface area contributed by atoms with E-state index >= 15 is 0 Å². The van der Waals surface area contributed by atoms with Crippen molar-refractivity contribution in [2.45, 2.75) is 20.4 Å². The number of nitrogens with one attached hydrogen (secondary N) is 1. The molecule has 28 heavy (non-hydrogen) atoms. The van der Waals surface area contributed by atoms with Gasteiger partial charge >= 0.3 is 0 Å². The predicted molar refractivity (Wildman–Crippen MR) is 109 cm³/mol. The van der Waals surface area contributed by atoms with Crippen molar-refractivity contribution in [3.8, 4) is 0 Å². The molecule has 0 aliphatic heterocycles. The smallest absolute Gasteiger partial charge is 0.251 e. The first-order valence-corrected chi connectivity index (χ1v) is 9.85. The Morgan fingerprint density at radius 3 is 2.46 bits per heavy atom. The Hall–Kier alpha value is -3.13. The molecule has 8 heteroatoms. The summed E-state index contributed by atoms with van der Waals surface area (Å²) in [6.45, 7) is 4.09. The number of aryl methyl sites for hydroxylation is 3. The van der Waals surface area contributed by atoms with Crippen LogP contribution in [-0.2, 0) is 24.5 Å². The fraction of sp³-hybridized carbons (Fsp3) is 0.200. The van der Waals surface area contributed by atoms with Gasteiger partial charge in [-0.2, -0.15) is 5.10 Å². The number of nitrogens with zero attached hydrogens (tertiary/aromatic N) is 3. The van der Waals surface area contributed by atoms with Crippen molar-refractivity contribution < 1.29 is 13.2 Å². The summed E-state index contributed by atoms with van der Waals surface area (Å²) in [4.78, 5) is 12.6. The summed E-state index contributed by atoms with van der Waals surface area (Å²) < 4.78 is 26.9. The third-order valence-electron chi connectivity index (χ3n) is 4.35. The number of amides is 1. The molecule has 1 aromatic heterocycles. The normalized spacial score (nSPS) is 10.9. The van der Waals surface area contributed by atoms with Crippen molar-refractivity contribution in [3.63, 3.8) is 0 Å². The molecule has 1 N–H and O–H groups in total. The van der Waals surface area contributed by atoms with Crippen LogP contribution < -0.4 is 9.62 Å². The topological polar surface area (TPSA) is 84.3 Å². The lowest BCUT2D eigenvalue weighted by Crippen LogP contribution is -2.23. The Kier molecular flexibility index (Phi) is 5.79. The highest BCUT2D eigenvalue weighted by Gasteiger charge is 2.17. The molecule has 0 radical (unpaired) electrons. The highest BCUT2D eigenvalue weighted by atomic mass is 32.2. The highest BCUT2D eigenvalue weighted by Crippen LogP contribution is 2.30. The molecule has 0 atom stereocenters. The largest absolute Gasteiger partial charge is 0.348 e. The van der Waals surface area contributed by atoms with Crippen LogP contribution in [0.15, 0.2) is 54.9 Å². The summed E-state index contributed by atoms with van der Waals surface area (Å²) in [6.07, 6.45) is 3.50. The maximum Gasteiger partial charge on any atom is 0.251 e. The number of anilines is 2. The van der Waals surface area contributed by atoms with Crippen molar-refractivity contribution in [3.05, 3.63) is 77.1 Å². The zero-order valence-corrected chi connectivity index (χ0v) is 16.8. The van der Waals surface area contributed by atoms with Crippen LogP contribution in [0.2, 0.25) is 0 Å². The molecule has 1 heterocycles. The third kappa shape index (κ3) is 4.40. The molecular weight excluding hydrogens is 376 g/mol. The minimum Gasteiger partial charge on any atom is -0.348 e. The van der Waals surface area contributed by atoms with Crippen LogP contribution >= 0.6 is 0 Å². The summed E-state index contributed by atoms with van der Waals surface area (Å²) in [6, 6.07) is 12.2. The molecule has 0 fully saturated rings. The molecule has 146 valence electrons. The minimum absolute atomic E-state index is 0.282. The van der Waals surface area contributed by atoms with Gasteiger partial charge in [-0.15, -0.1) is 0 Å². The first-order chi connectivity index (χ1) is 13.3. The molecule has 0 saturated carbocycles. The van der Waals surface area contributed by atoms with Gasteiger partial charge in [-0.05, 0) is 43.7 Å². The monoisotopic (exact) mass is 398 g/mol. The molecule has 0 unspecified atom stereocenters. The van der Waals surface area contributed by atoms with Crippen molar-refractivity contribution in [1.29, 1.82) is 0 Å². The first kappa shape index (κ1) is 19.6. The summed E-state index contributed by atoms with van der Waals surface area (Å²) in [7, 11) is -1.12. The van der Waals surface area contributed by atoms with E-state index < -0.39 is 10.9 Å². The van der Waals surface area contributed by atoms with Crippen molar-refractivity contribution in [2.75, 3.05) is 4.31 Å². The Morgan fingerprint density at radius 2 is 1.86 bits per heavy atom. The minimum atomic E-state index is -2.92. The number of carbonyl (C=O) groups is 1. The van der Waals surface area contributed by atoms with E-state index in [1.54, 1.807) is 48.3 Å². The van der Waals surface area contributed by atoms with E-state index in [0.717, 1.165) is 16.7 Å². The molecule has 3 aromatic rings. The summed E-state index contributed by atoms with van der Waals surface area (Å²) in [5.74, 6) is -0.282. The molecule has 7 nitrogen and oxygen atoms in total. The van der Waals surface area contributed by atoms with Gasteiger partial charge < -0.3 is 5.32 Å². The van der Waals surface area contributed by atoms with Crippen LogP contribution in [-0.4, -0.2) is 24.1 Å². The second-order valence-electron chi connectivity index (χ2n) is 6.59. The van der Waals surface area contributed by atoms with Crippen LogP contribution in [0.4, 0.5) is 11.4 Å². The maximum absolute atomic E-state index is 12.6. The molecule has 0 spiro atoms. The van der Waals surface area contributed by atoms with Gasteiger partial charge in [-0.25, -0.2) is 12.7 Å². The Morgan fingerprint density at radius 1 is 1.14 bits per heavy atom. The Balaban J connectivity index is 1.88. The van der Waals surface area contributed by atoms with Crippen molar-refractivity contribution in [2.24, 2.45) is 7.05 Å². The molecule has 0 saturated heterocycles. The second kappa shape index (κ2) is 8.26. The lowest BCUT2D eigenvalue weighted by molar-refractivity contribution is 0.0951. The molecule has 0 aliphatic rings. The van der Waals surface area contributed by atoms with Crippen LogP contribution in [0.1, 0.15) is 27.0 Å². The van der Waals surface area contributed by atoms with E-state index in [2.05, 4.69) is 10.4 Å². The summed E-state index contributed by atoms with van der Waals surface area (Å²) in [5, 5.41) is 6.90. The van der Waals surface area contributed by atoms with Gasteiger partial charge in [0.1, 0.15) is 0 Å². The quantitative estimate of drug-likeness (QED) is 0.625. The van der Waals surface area contributed by atoms with E-state index in [1.807, 2.05) is 32.2 Å². The van der Waals surface area contributed by atoms with Crippen molar-refractivity contribution in [1.82, 2.24) is 15.1 Å². The number of aromatic nitrogens is 2. The zero-order valence-electron chi connectivity index (χ0n) is 15.9. The van der Waals surface area contributed by atoms with Crippen LogP contribution in [0.25, 0.3) is 0 Å². The van der Waals surface area contributed by atoms with Gasteiger partial charge in [-0.3, -0.25) is 9.48 Å². The number of thiol groups is 1. The number of carbonyl (C=O) groups excluding carboxylic acids is 1. The molecule has 0 aliphatic carbocycles. The average molecular weight is 398 g/mol. The fourth-order valence-electron chi connectivity index (χ4n) is 2.83. The van der Waals surface area contributed by atoms with E-state index in [1.165, 1.54) is 4.31 Å². The molecule has 2 aromatic carbocycles. The number of hydrogen-bond donors (Lipinski definition) is 2. The summed E-state index contributed by atoms with van der Waals surface area (Å²) >= 11 is 0. The van der Waals surface area contributed by atoms with E-state index in [0.29, 0.717) is 23.5 Å². The molecule has 1 amide bonds. The second-order valence-corrected chi connectivity index (χ2v) is 7.47. The standard InChI is InChI=1S/C20H22N4O3S/c1-14-4-8-18(9-5-14)24(28(26)27)19-10-17(7-6-15(19)2)20(25)21-11-16-12-22-23(3)13-16/h4-10,12-13,28H,11H2,1-3H3,(H,21,25). The fourth-order valence-corrected chi connectivity index (χ4v) is 3.55. The van der Waals surface area contributed by atoms with Gasteiger partial charge in [0.2, 0.25) is 10.9 Å². The van der Waals surface area contributed by atoms with Gasteiger partial charge in [0.25, 0.3) is 5.91 Å². The third-order valence-corrected chi connectivity index (χ3v) is 5.13. The zero-order chi connectivity index (χ0) is 20.3. The van der Waals surface area contributed by atoms with Gasteiger partial charge in [0.05, 0.1) is 17.6 Å². The lowest BCUT2D eigenvalue weighted by Gasteiger charge is -2.21. The van der Waals surface area contributed by atoms with Gasteiger partial charge in [0, 0.05) is 30.9 Å². The number of rotatable bonds is 6. The van der Waals surface area contributed by atoms with E-state index in [4.69, 9.17) is 0 Å². The predicted octanol–water partition coefficient (Wildman–Crippen LogP) is 2.63. The molecule has 3 rings (SSSR count). The van der Waals surface area contributed by atoms with E-state index in [9.17, 15) is 13.2 Å². The van der Waals surface area contributed by atoms with Crippen LogP contribution in [0, 0.1) is 13.8 Å². The highest BCUT2D eigenvalue weighted by molar-refractivity contribution is 7.74. The first-order valence-electron chi connectivity index (χ1n) is 8.72. The lowest BCUT2D eigenvalue weighted by atomic mass is 10.1. The average Bonchev–Trinajstić information content (AvgIpc) is 3.08. The van der Waals surface area contributed by atoms with Crippen LogP contribution in [0.5, 0.6) is 0 Å². The van der Waals surface area contributed by atoms with Gasteiger partial charge in [-0.1, -0.05) is 23.8 Å². The Bertz CT molecular complexity index is 1060. The Labute approximate surface area is 165 Å². The molecular formula is C20H22N4O3S. The van der Waals surface area contributed by atoms with Gasteiger partial charge in [0.15, 0.2) is 0 Å². The maximum atomic E-state index is 12.6. The van der Waals surface area contributed by atoms with Crippen LogP contribution in [0.3, 0.4) is 0 Å². The summed E-state index contributed by atoms with van der Waals surface area (Å²) in [5.41, 5.74) is 4.03. The SMILES string of the molecule is Cc1ccc(N(c2cc(C(=O)NCc3cnn(C)c3)ccc2C)[SH](=O)=O)cc1. The van der Waals surface area contributed by atoms with Crippen molar-refractivity contribution >= 4 is 28.2 Å².